The lowest BCUT2D eigenvalue weighted by Gasteiger charge is -2.12. The van der Waals surface area contributed by atoms with Crippen molar-refractivity contribution in [2.45, 2.75) is 32.4 Å². The van der Waals surface area contributed by atoms with Gasteiger partial charge in [-0.3, -0.25) is 4.79 Å². The Morgan fingerprint density at radius 3 is 2.52 bits per heavy atom. The molecule has 0 atom stereocenters. The zero-order chi connectivity index (χ0) is 21.1. The zero-order valence-electron chi connectivity index (χ0n) is 17.3. The van der Waals surface area contributed by atoms with E-state index >= 15 is 0 Å². The van der Waals surface area contributed by atoms with Crippen LogP contribution in [0.15, 0.2) is 48.5 Å². The number of thioether (sulfide) groups is 1. The summed E-state index contributed by atoms with van der Waals surface area (Å²) in [6, 6.07) is 15.9. The Balaban J connectivity index is 1.57. The van der Waals surface area contributed by atoms with Crippen LogP contribution in [0.1, 0.15) is 36.5 Å². The van der Waals surface area contributed by atoms with Gasteiger partial charge in [-0.1, -0.05) is 50.2 Å². The first-order valence-electron chi connectivity index (χ1n) is 9.73. The number of hydrogen-bond acceptors (Lipinski definition) is 5. The number of rotatable bonds is 11. The molecule has 2 aromatic rings. The summed E-state index contributed by atoms with van der Waals surface area (Å²) in [5.74, 6) is 1.87. The minimum Gasteiger partial charge on any atom is -0.482 e. The quantitative estimate of drug-likeness (QED) is 0.442. The molecule has 0 saturated carbocycles. The summed E-state index contributed by atoms with van der Waals surface area (Å²) in [5, 5.41) is 2.74. The van der Waals surface area contributed by atoms with Gasteiger partial charge in [-0.05, 0) is 41.7 Å². The highest BCUT2D eigenvalue weighted by atomic mass is 32.2. The van der Waals surface area contributed by atoms with Crippen LogP contribution >= 0.6 is 11.8 Å². The molecule has 1 amide bonds. The van der Waals surface area contributed by atoms with E-state index in [2.05, 4.69) is 31.3 Å². The standard InChI is InChI=1S/C23H29NO4S/c1-17(2)21-10-9-20(13-18(21)3)27-15-23(26)28-14-22(25)24-11-12-29-16-19-7-5-4-6-8-19/h4-10,13,17H,11-12,14-16H2,1-3H3,(H,24,25). The van der Waals surface area contributed by atoms with E-state index in [1.54, 1.807) is 11.8 Å². The number of hydrogen-bond donors (Lipinski definition) is 1. The largest absolute Gasteiger partial charge is 0.482 e. The molecule has 0 heterocycles. The predicted octanol–water partition coefficient (Wildman–Crippen LogP) is 4.09. The monoisotopic (exact) mass is 415 g/mol. The highest BCUT2D eigenvalue weighted by molar-refractivity contribution is 7.98. The highest BCUT2D eigenvalue weighted by Crippen LogP contribution is 2.23. The number of carbonyl (C=O) groups is 2. The average Bonchev–Trinajstić information content (AvgIpc) is 2.71. The van der Waals surface area contributed by atoms with Crippen LogP contribution in [0.4, 0.5) is 0 Å². The van der Waals surface area contributed by atoms with Gasteiger partial charge in [-0.15, -0.1) is 0 Å². The van der Waals surface area contributed by atoms with Crippen LogP contribution in [-0.2, 0) is 20.1 Å². The number of benzene rings is 2. The van der Waals surface area contributed by atoms with Crippen molar-refractivity contribution < 1.29 is 19.1 Å². The van der Waals surface area contributed by atoms with Crippen LogP contribution in [0, 0.1) is 6.92 Å². The Kier molecular flexibility index (Phi) is 9.57. The van der Waals surface area contributed by atoms with Crippen LogP contribution in [0.5, 0.6) is 5.75 Å². The third kappa shape index (κ3) is 8.60. The number of aryl methyl sites for hydroxylation is 1. The number of nitrogens with one attached hydrogen (secondary N) is 1. The van der Waals surface area contributed by atoms with E-state index in [1.807, 2.05) is 43.3 Å². The van der Waals surface area contributed by atoms with Crippen molar-refractivity contribution in [1.82, 2.24) is 5.32 Å². The van der Waals surface area contributed by atoms with E-state index in [4.69, 9.17) is 9.47 Å². The molecule has 0 radical (unpaired) electrons. The van der Waals surface area contributed by atoms with Gasteiger partial charge in [0.2, 0.25) is 0 Å². The fourth-order valence-corrected chi connectivity index (χ4v) is 3.61. The zero-order valence-corrected chi connectivity index (χ0v) is 18.1. The summed E-state index contributed by atoms with van der Waals surface area (Å²) < 4.78 is 10.4. The summed E-state index contributed by atoms with van der Waals surface area (Å²) >= 11 is 1.74. The molecule has 0 aliphatic heterocycles. The van der Waals surface area contributed by atoms with Crippen molar-refractivity contribution in [3.8, 4) is 5.75 Å². The van der Waals surface area contributed by atoms with Gasteiger partial charge in [-0.25, -0.2) is 4.79 Å². The van der Waals surface area contributed by atoms with Gasteiger partial charge in [0.05, 0.1) is 0 Å². The highest BCUT2D eigenvalue weighted by Gasteiger charge is 2.10. The lowest BCUT2D eigenvalue weighted by molar-refractivity contribution is -0.150. The maximum atomic E-state index is 11.8. The smallest absolute Gasteiger partial charge is 0.344 e. The Morgan fingerprint density at radius 1 is 1.07 bits per heavy atom. The molecular weight excluding hydrogens is 386 g/mol. The predicted molar refractivity (Wildman–Crippen MR) is 117 cm³/mol. The summed E-state index contributed by atoms with van der Waals surface area (Å²) in [7, 11) is 0. The van der Waals surface area contributed by atoms with Crippen molar-refractivity contribution in [3.63, 3.8) is 0 Å². The Labute approximate surface area is 177 Å². The fraction of sp³-hybridized carbons (Fsp3) is 0.391. The third-order valence-electron chi connectivity index (χ3n) is 4.26. The topological polar surface area (TPSA) is 64.6 Å². The van der Waals surface area contributed by atoms with Gasteiger partial charge in [-0.2, -0.15) is 11.8 Å². The molecule has 5 nitrogen and oxygen atoms in total. The summed E-state index contributed by atoms with van der Waals surface area (Å²) in [5.41, 5.74) is 3.63. The van der Waals surface area contributed by atoms with Crippen molar-refractivity contribution in [3.05, 3.63) is 65.2 Å². The summed E-state index contributed by atoms with van der Waals surface area (Å²) in [4.78, 5) is 23.5. The van der Waals surface area contributed by atoms with E-state index in [0.717, 1.165) is 17.1 Å². The Morgan fingerprint density at radius 2 is 1.83 bits per heavy atom. The lowest BCUT2D eigenvalue weighted by Crippen LogP contribution is -2.31. The number of esters is 1. The van der Waals surface area contributed by atoms with E-state index in [9.17, 15) is 9.59 Å². The van der Waals surface area contributed by atoms with Gasteiger partial charge in [0.15, 0.2) is 13.2 Å². The Hall–Kier alpha value is -2.47. The van der Waals surface area contributed by atoms with Crippen molar-refractivity contribution >= 4 is 23.6 Å². The second-order valence-electron chi connectivity index (χ2n) is 7.01. The molecule has 0 bridgehead atoms. The molecule has 1 N–H and O–H groups in total. The molecule has 156 valence electrons. The van der Waals surface area contributed by atoms with E-state index in [0.29, 0.717) is 18.2 Å². The van der Waals surface area contributed by atoms with Gasteiger partial charge in [0, 0.05) is 18.1 Å². The lowest BCUT2D eigenvalue weighted by atomic mass is 9.98. The molecule has 0 aliphatic carbocycles. The first-order valence-corrected chi connectivity index (χ1v) is 10.9. The van der Waals surface area contributed by atoms with Crippen LogP contribution in [0.2, 0.25) is 0 Å². The molecule has 0 fully saturated rings. The van der Waals surface area contributed by atoms with Crippen LogP contribution in [0.3, 0.4) is 0 Å². The molecular formula is C23H29NO4S. The molecule has 6 heteroatoms. The minimum atomic E-state index is -0.566. The Bertz CT molecular complexity index is 793. The first kappa shape index (κ1) is 22.8. The van der Waals surface area contributed by atoms with Crippen molar-refractivity contribution in [1.29, 1.82) is 0 Å². The van der Waals surface area contributed by atoms with Gasteiger partial charge < -0.3 is 14.8 Å². The normalized spacial score (nSPS) is 10.6. The maximum Gasteiger partial charge on any atom is 0.344 e. The van der Waals surface area contributed by atoms with Gasteiger partial charge in [0.1, 0.15) is 5.75 Å². The molecule has 0 aromatic heterocycles. The van der Waals surface area contributed by atoms with E-state index < -0.39 is 5.97 Å². The van der Waals surface area contributed by atoms with Gasteiger partial charge in [0.25, 0.3) is 5.91 Å². The number of amides is 1. The molecule has 0 aliphatic rings. The minimum absolute atomic E-state index is 0.222. The van der Waals surface area contributed by atoms with Crippen LogP contribution < -0.4 is 10.1 Å². The third-order valence-corrected chi connectivity index (χ3v) is 5.29. The second kappa shape index (κ2) is 12.2. The fourth-order valence-electron chi connectivity index (χ4n) is 2.79. The number of carbonyl (C=O) groups excluding carboxylic acids is 2. The second-order valence-corrected chi connectivity index (χ2v) is 8.12. The SMILES string of the molecule is Cc1cc(OCC(=O)OCC(=O)NCCSCc2ccccc2)ccc1C(C)C. The van der Waals surface area contributed by atoms with Crippen LogP contribution in [-0.4, -0.2) is 37.4 Å². The van der Waals surface area contributed by atoms with Crippen LogP contribution in [0.25, 0.3) is 0 Å². The maximum absolute atomic E-state index is 11.8. The summed E-state index contributed by atoms with van der Waals surface area (Å²) in [6.45, 7) is 6.30. The molecule has 0 spiro atoms. The van der Waals surface area contributed by atoms with Crippen molar-refractivity contribution in [2.24, 2.45) is 0 Å². The molecule has 0 saturated heterocycles. The average molecular weight is 416 g/mol. The molecule has 2 rings (SSSR count). The summed E-state index contributed by atoms with van der Waals surface area (Å²) in [6.07, 6.45) is 0. The van der Waals surface area contributed by atoms with E-state index in [1.165, 1.54) is 11.1 Å². The number of ether oxygens (including phenoxy) is 2. The first-order chi connectivity index (χ1) is 14.0. The molecule has 0 unspecified atom stereocenters. The molecule has 29 heavy (non-hydrogen) atoms. The van der Waals surface area contributed by atoms with E-state index in [-0.39, 0.29) is 19.1 Å². The molecule has 2 aromatic carbocycles. The van der Waals surface area contributed by atoms with Crippen molar-refractivity contribution in [2.75, 3.05) is 25.5 Å². The van der Waals surface area contributed by atoms with Gasteiger partial charge >= 0.3 is 5.97 Å².